The third-order valence-corrected chi connectivity index (χ3v) is 8.27. The van der Waals surface area contributed by atoms with Crippen LogP contribution in [0.2, 0.25) is 0 Å². The van der Waals surface area contributed by atoms with E-state index in [1.54, 1.807) is 11.8 Å². The van der Waals surface area contributed by atoms with Crippen molar-refractivity contribution in [2.24, 2.45) is 0 Å². The number of rotatable bonds is 5. The topological polar surface area (TPSA) is 24.3 Å². The molecule has 0 atom stereocenters. The molecule has 4 aromatic carbocycles. The number of benzene rings is 4. The predicted molar refractivity (Wildman–Crippen MR) is 163 cm³/mol. The first-order chi connectivity index (χ1) is 19.1. The van der Waals surface area contributed by atoms with Gasteiger partial charge in [-0.05, 0) is 62.1 Å². The van der Waals surface area contributed by atoms with Gasteiger partial charge in [0.25, 0.3) is 0 Å². The molecule has 7 rings (SSSR count). The maximum absolute atomic E-state index is 4.71. The van der Waals surface area contributed by atoms with E-state index in [2.05, 4.69) is 132 Å². The van der Waals surface area contributed by atoms with Crippen molar-refractivity contribution in [2.75, 3.05) is 16.5 Å². The largest absolute Gasteiger partial charge is 2.00 e. The zero-order chi connectivity index (χ0) is 26.5. The fourth-order valence-corrected chi connectivity index (χ4v) is 6.30. The van der Waals surface area contributed by atoms with Crippen molar-refractivity contribution in [1.29, 1.82) is 0 Å². The van der Waals surface area contributed by atoms with Gasteiger partial charge in [-0.15, -0.1) is 45.1 Å². The van der Waals surface area contributed by atoms with Crippen molar-refractivity contribution in [3.8, 4) is 5.82 Å². The molecule has 0 unspecified atom stereocenters. The van der Waals surface area contributed by atoms with Gasteiger partial charge in [0.1, 0.15) is 5.82 Å². The van der Waals surface area contributed by atoms with E-state index in [9.17, 15) is 0 Å². The summed E-state index contributed by atoms with van der Waals surface area (Å²) in [6.45, 7) is 7.41. The Morgan fingerprint density at radius 2 is 1.57 bits per heavy atom. The van der Waals surface area contributed by atoms with Gasteiger partial charge in [0.15, 0.2) is 0 Å². The second-order valence-electron chi connectivity index (χ2n) is 10.3. The van der Waals surface area contributed by atoms with Crippen LogP contribution in [0.5, 0.6) is 0 Å². The van der Waals surface area contributed by atoms with Crippen LogP contribution < -0.4 is 9.80 Å². The minimum Gasteiger partial charge on any atom is -0.349 e. The Hall–Kier alpha value is -3.53. The Kier molecular flexibility index (Phi) is 7.20. The van der Waals surface area contributed by atoms with E-state index in [0.717, 1.165) is 39.0 Å². The molecule has 0 spiro atoms. The van der Waals surface area contributed by atoms with E-state index in [4.69, 9.17) is 4.98 Å². The van der Waals surface area contributed by atoms with Gasteiger partial charge in [0.2, 0.25) is 0 Å². The molecule has 1 aliphatic rings. The van der Waals surface area contributed by atoms with Crippen molar-refractivity contribution >= 4 is 50.6 Å². The van der Waals surface area contributed by atoms with Gasteiger partial charge in [-0.1, -0.05) is 41.5 Å². The number of hydrogen-bond acceptors (Lipinski definition) is 4. The number of para-hydroxylation sites is 3. The summed E-state index contributed by atoms with van der Waals surface area (Å²) >= 11 is 1.70. The normalized spacial score (nSPS) is 12.8. The Morgan fingerprint density at radius 3 is 2.40 bits per heavy atom. The van der Waals surface area contributed by atoms with Crippen molar-refractivity contribution in [3.05, 3.63) is 115 Å². The third kappa shape index (κ3) is 4.61. The van der Waals surface area contributed by atoms with Crippen LogP contribution in [0.15, 0.2) is 107 Å². The van der Waals surface area contributed by atoms with Crippen molar-refractivity contribution in [2.45, 2.75) is 36.6 Å². The number of hydrogen-bond donors (Lipinski definition) is 0. The molecule has 6 aromatic rings. The minimum absolute atomic E-state index is 0. The maximum atomic E-state index is 4.71. The Labute approximate surface area is 253 Å². The quantitative estimate of drug-likeness (QED) is 0.167. The monoisotopic (exact) mass is 719 g/mol. The Morgan fingerprint density at radius 1 is 0.800 bits per heavy atom. The van der Waals surface area contributed by atoms with Gasteiger partial charge in [-0.3, -0.25) is 0 Å². The van der Waals surface area contributed by atoms with Crippen molar-refractivity contribution < 1.29 is 21.1 Å². The molecule has 6 heteroatoms. The molecular formula is C34H28N4PtS. The molecular weight excluding hydrogens is 692 g/mol. The van der Waals surface area contributed by atoms with Crippen LogP contribution in [0.4, 0.5) is 17.1 Å². The first-order valence-electron chi connectivity index (χ1n) is 13.3. The van der Waals surface area contributed by atoms with Gasteiger partial charge >= 0.3 is 21.1 Å². The van der Waals surface area contributed by atoms with E-state index in [1.807, 2.05) is 12.3 Å². The maximum Gasteiger partial charge on any atom is 2.00 e. The molecule has 200 valence electrons. The molecule has 0 amide bonds. The molecule has 0 fully saturated rings. The summed E-state index contributed by atoms with van der Waals surface area (Å²) < 4.78 is 2.23. The fraction of sp³-hybridized carbons (Fsp3) is 0.147. The van der Waals surface area contributed by atoms with Crippen LogP contribution in [0, 0.1) is 19.1 Å². The third-order valence-electron chi connectivity index (χ3n) is 7.35. The number of aromatic nitrogens is 2. The number of nitrogens with zero attached hydrogens (tertiary/aromatic N) is 4. The second-order valence-corrected chi connectivity index (χ2v) is 11.3. The van der Waals surface area contributed by atoms with Gasteiger partial charge < -0.3 is 14.4 Å². The second kappa shape index (κ2) is 10.8. The fourth-order valence-electron chi connectivity index (χ4n) is 5.47. The summed E-state index contributed by atoms with van der Waals surface area (Å²) in [7, 11) is 0. The molecule has 0 N–H and O–H groups in total. The van der Waals surface area contributed by atoms with Crippen LogP contribution in [0.25, 0.3) is 27.6 Å². The Bertz CT molecular complexity index is 1840. The average Bonchev–Trinajstić information content (AvgIpc) is 3.50. The molecule has 40 heavy (non-hydrogen) atoms. The van der Waals surface area contributed by atoms with E-state index in [1.165, 1.54) is 27.7 Å². The molecule has 4 nitrogen and oxygen atoms in total. The Balaban J connectivity index is 0.00000289. The van der Waals surface area contributed by atoms with Gasteiger partial charge in [-0.25, -0.2) is 4.98 Å². The van der Waals surface area contributed by atoms with Crippen LogP contribution >= 0.6 is 11.8 Å². The van der Waals surface area contributed by atoms with E-state index < -0.39 is 0 Å². The summed E-state index contributed by atoms with van der Waals surface area (Å²) in [5.41, 5.74) is 6.94. The van der Waals surface area contributed by atoms with Crippen LogP contribution in [-0.2, 0) is 21.1 Å². The van der Waals surface area contributed by atoms with Gasteiger partial charge in [-0.2, -0.15) is 24.3 Å². The molecule has 0 bridgehead atoms. The van der Waals surface area contributed by atoms with Gasteiger partial charge in [0, 0.05) is 17.8 Å². The summed E-state index contributed by atoms with van der Waals surface area (Å²) in [6.07, 6.45) is 1.88. The minimum atomic E-state index is 0. The predicted octanol–water partition coefficient (Wildman–Crippen LogP) is 8.56. The smallest absolute Gasteiger partial charge is 0.349 e. The first-order valence-corrected chi connectivity index (χ1v) is 14.1. The summed E-state index contributed by atoms with van der Waals surface area (Å²) in [4.78, 5) is 11.6. The zero-order valence-corrected chi connectivity index (χ0v) is 25.6. The summed E-state index contributed by atoms with van der Waals surface area (Å²) in [6, 6.07) is 39.9. The van der Waals surface area contributed by atoms with Gasteiger partial charge in [0.05, 0.1) is 18.0 Å². The number of fused-ring (bicyclic) bond motifs is 4. The summed E-state index contributed by atoms with van der Waals surface area (Å²) in [5.74, 6) is 0.913. The van der Waals surface area contributed by atoms with E-state index in [-0.39, 0.29) is 21.1 Å². The van der Waals surface area contributed by atoms with Crippen LogP contribution in [-0.4, -0.2) is 22.3 Å². The molecule has 0 saturated heterocycles. The summed E-state index contributed by atoms with van der Waals surface area (Å²) in [5, 5.41) is 2.39. The van der Waals surface area contributed by atoms with Crippen LogP contribution in [0.3, 0.4) is 0 Å². The molecule has 1 aliphatic heterocycles. The van der Waals surface area contributed by atoms with Crippen molar-refractivity contribution in [3.63, 3.8) is 0 Å². The van der Waals surface area contributed by atoms with Crippen molar-refractivity contribution in [1.82, 2.24) is 9.55 Å². The molecule has 3 heterocycles. The molecule has 2 aromatic heterocycles. The SMILES string of the molecule is Cc1ccnc(-n2c3[c-]c(Sc4[c-]c(N5CN(C(C)C)c6ccccc65)ccc4)ccc3c3ccccc32)c1.[Pt+2]. The zero-order valence-electron chi connectivity index (χ0n) is 22.5. The number of pyridine rings is 1. The van der Waals surface area contributed by atoms with Crippen LogP contribution in [0.1, 0.15) is 19.4 Å². The first kappa shape index (κ1) is 26.7. The standard InChI is InChI=1S/C34H28N4S.Pt/c1-23(2)36-22-37(32-14-7-6-13-31(32)36)25-9-8-10-26(20-25)39-27-15-16-29-28-11-4-5-12-30(28)38(33(29)21-27)34-19-24(3)17-18-35-34;/h4-19,23H,22H2,1-3H3;/q-2;+2. The molecule has 0 radical (unpaired) electrons. The molecule has 0 aliphatic carbocycles. The van der Waals surface area contributed by atoms with E-state index in [0.29, 0.717) is 6.04 Å². The number of aryl methyl sites for hydroxylation is 1. The molecule has 0 saturated carbocycles. The average molecular weight is 720 g/mol. The van der Waals surface area contributed by atoms with E-state index >= 15 is 0 Å². The number of anilines is 3.